The molecular weight excluding hydrogens is 242 g/mol. The Labute approximate surface area is 115 Å². The van der Waals surface area contributed by atoms with Gasteiger partial charge in [-0.05, 0) is 50.4 Å². The van der Waals surface area contributed by atoms with Gasteiger partial charge in [-0.1, -0.05) is 13.8 Å². The summed E-state index contributed by atoms with van der Waals surface area (Å²) >= 11 is 0. The van der Waals surface area contributed by atoms with Gasteiger partial charge in [0.2, 0.25) is 5.91 Å². The maximum absolute atomic E-state index is 12.2. The SMILES string of the molecule is CC1CCC(NC(=O)C2CCC(C(=O)O)CC2)C1C. The number of carbonyl (C=O) groups is 2. The Hall–Kier alpha value is -1.06. The minimum atomic E-state index is -0.711. The molecular formula is C15H25NO3. The maximum Gasteiger partial charge on any atom is 0.306 e. The molecule has 19 heavy (non-hydrogen) atoms. The van der Waals surface area contributed by atoms with Gasteiger partial charge in [-0.25, -0.2) is 0 Å². The van der Waals surface area contributed by atoms with Crippen LogP contribution in [-0.4, -0.2) is 23.0 Å². The van der Waals surface area contributed by atoms with E-state index in [2.05, 4.69) is 19.2 Å². The molecule has 108 valence electrons. The first kappa shape index (κ1) is 14.4. The molecule has 0 aromatic carbocycles. The van der Waals surface area contributed by atoms with Crippen molar-refractivity contribution in [2.45, 2.75) is 58.4 Å². The molecule has 0 aromatic heterocycles. The summed E-state index contributed by atoms with van der Waals surface area (Å²) in [6.45, 7) is 4.46. The van der Waals surface area contributed by atoms with Crippen molar-refractivity contribution in [3.63, 3.8) is 0 Å². The van der Waals surface area contributed by atoms with E-state index >= 15 is 0 Å². The molecule has 0 heterocycles. The lowest BCUT2D eigenvalue weighted by Crippen LogP contribution is -2.42. The summed E-state index contributed by atoms with van der Waals surface area (Å²) in [6.07, 6.45) is 5.00. The van der Waals surface area contributed by atoms with E-state index in [4.69, 9.17) is 5.11 Å². The zero-order chi connectivity index (χ0) is 14.0. The first-order chi connectivity index (χ1) is 8.99. The lowest BCUT2D eigenvalue weighted by Gasteiger charge is -2.28. The van der Waals surface area contributed by atoms with Crippen molar-refractivity contribution in [1.82, 2.24) is 5.32 Å². The lowest BCUT2D eigenvalue weighted by molar-refractivity contribution is -0.144. The topological polar surface area (TPSA) is 66.4 Å². The second-order valence-electron chi connectivity index (χ2n) is 6.42. The van der Waals surface area contributed by atoms with Gasteiger partial charge >= 0.3 is 5.97 Å². The maximum atomic E-state index is 12.2. The van der Waals surface area contributed by atoms with Gasteiger partial charge < -0.3 is 10.4 Å². The number of hydrogen-bond acceptors (Lipinski definition) is 2. The molecule has 2 N–H and O–H groups in total. The molecule has 2 aliphatic rings. The smallest absolute Gasteiger partial charge is 0.306 e. The molecule has 4 nitrogen and oxygen atoms in total. The molecule has 4 heteroatoms. The number of rotatable bonds is 3. The minimum Gasteiger partial charge on any atom is -0.481 e. The molecule has 0 bridgehead atoms. The predicted molar refractivity (Wildman–Crippen MR) is 72.6 cm³/mol. The van der Waals surface area contributed by atoms with Gasteiger partial charge in [-0.3, -0.25) is 9.59 Å². The van der Waals surface area contributed by atoms with Crippen LogP contribution in [0.4, 0.5) is 0 Å². The van der Waals surface area contributed by atoms with Crippen LogP contribution in [0.5, 0.6) is 0 Å². The van der Waals surface area contributed by atoms with E-state index in [1.54, 1.807) is 0 Å². The van der Waals surface area contributed by atoms with Gasteiger partial charge in [0.05, 0.1) is 5.92 Å². The Morgan fingerprint density at radius 3 is 2.00 bits per heavy atom. The van der Waals surface area contributed by atoms with E-state index in [1.807, 2.05) is 0 Å². The summed E-state index contributed by atoms with van der Waals surface area (Å²) in [7, 11) is 0. The van der Waals surface area contributed by atoms with Gasteiger partial charge in [0.1, 0.15) is 0 Å². The fraction of sp³-hybridized carbons (Fsp3) is 0.867. The van der Waals surface area contributed by atoms with Crippen LogP contribution in [0.15, 0.2) is 0 Å². The van der Waals surface area contributed by atoms with Crippen molar-refractivity contribution >= 4 is 11.9 Å². The van der Waals surface area contributed by atoms with Crippen LogP contribution in [0.25, 0.3) is 0 Å². The third kappa shape index (κ3) is 3.28. The molecule has 2 fully saturated rings. The highest BCUT2D eigenvalue weighted by atomic mass is 16.4. The van der Waals surface area contributed by atoms with Crippen LogP contribution in [-0.2, 0) is 9.59 Å². The molecule has 3 atom stereocenters. The zero-order valence-corrected chi connectivity index (χ0v) is 11.9. The Bertz CT molecular complexity index is 347. The molecule has 2 saturated carbocycles. The van der Waals surface area contributed by atoms with Gasteiger partial charge in [-0.2, -0.15) is 0 Å². The Morgan fingerprint density at radius 2 is 1.53 bits per heavy atom. The number of nitrogens with one attached hydrogen (secondary N) is 1. The van der Waals surface area contributed by atoms with Crippen LogP contribution >= 0.6 is 0 Å². The van der Waals surface area contributed by atoms with E-state index < -0.39 is 5.97 Å². The van der Waals surface area contributed by atoms with Crippen molar-refractivity contribution in [1.29, 1.82) is 0 Å². The van der Waals surface area contributed by atoms with Gasteiger partial charge in [0.15, 0.2) is 0 Å². The monoisotopic (exact) mass is 267 g/mol. The Kier molecular flexibility index (Phi) is 4.48. The molecule has 0 aromatic rings. The second kappa shape index (κ2) is 5.93. The number of aliphatic carboxylic acids is 1. The third-order valence-electron chi connectivity index (χ3n) is 5.24. The van der Waals surface area contributed by atoms with E-state index in [0.29, 0.717) is 30.7 Å². The van der Waals surface area contributed by atoms with Crippen LogP contribution in [0.1, 0.15) is 52.4 Å². The summed E-state index contributed by atoms with van der Waals surface area (Å²) in [5.74, 6) is 0.465. The van der Waals surface area contributed by atoms with Gasteiger partial charge in [-0.15, -0.1) is 0 Å². The summed E-state index contributed by atoms with van der Waals surface area (Å²) in [5.41, 5.74) is 0. The van der Waals surface area contributed by atoms with E-state index in [0.717, 1.165) is 19.3 Å². The highest BCUT2D eigenvalue weighted by Gasteiger charge is 2.34. The van der Waals surface area contributed by atoms with E-state index in [1.165, 1.54) is 6.42 Å². The molecule has 1 amide bonds. The fourth-order valence-electron chi connectivity index (χ4n) is 3.47. The number of carboxylic acid groups (broad SMARTS) is 1. The van der Waals surface area contributed by atoms with Crippen molar-refractivity contribution in [3.8, 4) is 0 Å². The summed E-state index contributed by atoms with van der Waals surface area (Å²) in [5, 5.41) is 12.1. The number of carboxylic acids is 1. The quantitative estimate of drug-likeness (QED) is 0.825. The molecule has 3 unspecified atom stereocenters. The molecule has 0 radical (unpaired) electrons. The molecule has 2 aliphatic carbocycles. The number of amides is 1. The molecule has 0 saturated heterocycles. The average molecular weight is 267 g/mol. The number of carbonyl (C=O) groups excluding carboxylic acids is 1. The first-order valence-corrected chi connectivity index (χ1v) is 7.52. The highest BCUT2D eigenvalue weighted by Crippen LogP contribution is 2.33. The van der Waals surface area contributed by atoms with Crippen LogP contribution in [0.3, 0.4) is 0 Å². The van der Waals surface area contributed by atoms with Gasteiger partial charge in [0, 0.05) is 12.0 Å². The largest absolute Gasteiger partial charge is 0.481 e. The predicted octanol–water partition coefficient (Wildman–Crippen LogP) is 2.43. The van der Waals surface area contributed by atoms with Gasteiger partial charge in [0.25, 0.3) is 0 Å². The zero-order valence-electron chi connectivity index (χ0n) is 11.9. The minimum absolute atomic E-state index is 0.0266. The van der Waals surface area contributed by atoms with Crippen molar-refractivity contribution in [2.24, 2.45) is 23.7 Å². The standard InChI is InChI=1S/C15H25NO3/c1-9-3-8-13(10(9)2)16-14(17)11-4-6-12(7-5-11)15(18)19/h9-13H,3-8H2,1-2H3,(H,16,17)(H,18,19). The van der Waals surface area contributed by atoms with Crippen LogP contribution in [0.2, 0.25) is 0 Å². The van der Waals surface area contributed by atoms with Crippen molar-refractivity contribution < 1.29 is 14.7 Å². The molecule has 2 rings (SSSR count). The fourth-order valence-corrected chi connectivity index (χ4v) is 3.47. The molecule has 0 aliphatic heterocycles. The normalized spacial score (nSPS) is 38.9. The second-order valence-corrected chi connectivity index (χ2v) is 6.42. The lowest BCUT2D eigenvalue weighted by atomic mass is 9.81. The summed E-state index contributed by atoms with van der Waals surface area (Å²) in [4.78, 5) is 23.1. The first-order valence-electron chi connectivity index (χ1n) is 7.52. The average Bonchev–Trinajstić information content (AvgIpc) is 2.71. The van der Waals surface area contributed by atoms with E-state index in [9.17, 15) is 9.59 Å². The van der Waals surface area contributed by atoms with Crippen molar-refractivity contribution in [3.05, 3.63) is 0 Å². The van der Waals surface area contributed by atoms with Crippen molar-refractivity contribution in [2.75, 3.05) is 0 Å². The highest BCUT2D eigenvalue weighted by molar-refractivity contribution is 5.79. The number of hydrogen-bond donors (Lipinski definition) is 2. The van der Waals surface area contributed by atoms with Crippen LogP contribution in [0, 0.1) is 23.7 Å². The molecule has 0 spiro atoms. The summed E-state index contributed by atoms with van der Waals surface area (Å²) in [6, 6.07) is 0.319. The van der Waals surface area contributed by atoms with E-state index in [-0.39, 0.29) is 17.7 Å². The Balaban J connectivity index is 1.80. The van der Waals surface area contributed by atoms with Crippen LogP contribution < -0.4 is 5.32 Å². The Morgan fingerprint density at radius 1 is 0.947 bits per heavy atom. The third-order valence-corrected chi connectivity index (χ3v) is 5.24. The summed E-state index contributed by atoms with van der Waals surface area (Å²) < 4.78 is 0.